The summed E-state index contributed by atoms with van der Waals surface area (Å²) in [6.07, 6.45) is 11.6. The monoisotopic (exact) mass is 398 g/mol. The third kappa shape index (κ3) is 6.66. The molecule has 1 aliphatic carbocycles. The Bertz CT molecular complexity index is 657. The number of hydrogen-bond donors (Lipinski definition) is 0. The van der Waals surface area contributed by atoms with Crippen molar-refractivity contribution in [1.29, 1.82) is 0 Å². The van der Waals surface area contributed by atoms with Crippen LogP contribution in [0.25, 0.3) is 0 Å². The van der Waals surface area contributed by atoms with Gasteiger partial charge in [-0.1, -0.05) is 57.4 Å². The van der Waals surface area contributed by atoms with Crippen LogP contribution in [0, 0.1) is 5.92 Å². The van der Waals surface area contributed by atoms with E-state index in [1.807, 2.05) is 0 Å². The summed E-state index contributed by atoms with van der Waals surface area (Å²) in [6.45, 7) is 16.8. The minimum atomic E-state index is 0.282. The molecule has 0 amide bonds. The fraction of sp³-hybridized carbons (Fsp3) is 0.630. The Morgan fingerprint density at radius 3 is 2.14 bits per heavy atom. The lowest BCUT2D eigenvalue weighted by atomic mass is 9.73. The number of allylic oxidation sites excluding steroid dienone is 3. The minimum absolute atomic E-state index is 0.282. The number of hydrogen-bond acceptors (Lipinski definition) is 2. The standard InChI is InChI=1S/C27H42O2/c1-7-10-11-12-22-18-25(28-15-8-2)27(26(19-22)29-16-9-3)24-17-21(6)13-14-23(24)20(4)5/h17-19,23-24H,4,7-16H2,1-3,5-6H3/t23-,24+/m0/s1. The van der Waals surface area contributed by atoms with E-state index in [-0.39, 0.29) is 5.92 Å². The van der Waals surface area contributed by atoms with Crippen LogP contribution in [0.3, 0.4) is 0 Å². The first-order valence-electron chi connectivity index (χ1n) is 11.8. The Kier molecular flexibility index (Phi) is 9.84. The molecule has 0 unspecified atom stereocenters. The molecule has 0 spiro atoms. The van der Waals surface area contributed by atoms with Gasteiger partial charge in [0.15, 0.2) is 0 Å². The summed E-state index contributed by atoms with van der Waals surface area (Å²) in [7, 11) is 0. The molecule has 2 atom stereocenters. The Labute approximate surface area is 179 Å². The van der Waals surface area contributed by atoms with Gasteiger partial charge in [0.1, 0.15) is 11.5 Å². The average Bonchev–Trinajstić information content (AvgIpc) is 2.70. The molecule has 2 heteroatoms. The van der Waals surface area contributed by atoms with Crippen molar-refractivity contribution in [1.82, 2.24) is 0 Å². The maximum absolute atomic E-state index is 6.33. The zero-order valence-corrected chi connectivity index (χ0v) is 19.5. The van der Waals surface area contributed by atoms with Gasteiger partial charge in [-0.15, -0.1) is 0 Å². The molecule has 0 heterocycles. The third-order valence-electron chi connectivity index (χ3n) is 5.87. The highest BCUT2D eigenvalue weighted by molar-refractivity contribution is 5.53. The van der Waals surface area contributed by atoms with Crippen LogP contribution in [-0.4, -0.2) is 13.2 Å². The Balaban J connectivity index is 2.54. The second-order valence-electron chi connectivity index (χ2n) is 8.69. The number of benzene rings is 1. The lowest BCUT2D eigenvalue weighted by Crippen LogP contribution is -2.19. The molecule has 2 nitrogen and oxygen atoms in total. The minimum Gasteiger partial charge on any atom is -0.493 e. The molecule has 0 aromatic heterocycles. The normalized spacial score (nSPS) is 19.0. The van der Waals surface area contributed by atoms with Gasteiger partial charge in [-0.25, -0.2) is 0 Å². The maximum Gasteiger partial charge on any atom is 0.127 e. The highest BCUT2D eigenvalue weighted by Gasteiger charge is 2.31. The van der Waals surface area contributed by atoms with Crippen LogP contribution in [0.5, 0.6) is 11.5 Å². The van der Waals surface area contributed by atoms with Crippen LogP contribution in [-0.2, 0) is 6.42 Å². The van der Waals surface area contributed by atoms with E-state index in [0.29, 0.717) is 5.92 Å². The zero-order chi connectivity index (χ0) is 21.2. The first-order valence-corrected chi connectivity index (χ1v) is 11.8. The smallest absolute Gasteiger partial charge is 0.127 e. The molecule has 0 bridgehead atoms. The number of unbranched alkanes of at least 4 members (excludes halogenated alkanes) is 2. The summed E-state index contributed by atoms with van der Waals surface area (Å²) < 4.78 is 12.7. The molecule has 0 saturated carbocycles. The van der Waals surface area contributed by atoms with Crippen molar-refractivity contribution in [3.05, 3.63) is 47.1 Å². The van der Waals surface area contributed by atoms with Crippen molar-refractivity contribution < 1.29 is 9.47 Å². The maximum atomic E-state index is 6.33. The molecule has 0 N–H and O–H groups in total. The van der Waals surface area contributed by atoms with Crippen LogP contribution in [0.15, 0.2) is 35.9 Å². The van der Waals surface area contributed by atoms with Crippen molar-refractivity contribution in [2.45, 2.75) is 91.9 Å². The van der Waals surface area contributed by atoms with E-state index in [1.165, 1.54) is 41.5 Å². The van der Waals surface area contributed by atoms with Crippen LogP contribution < -0.4 is 9.47 Å². The SMILES string of the molecule is C=C(C)[C@@H]1CCC(C)=C[C@H]1c1c(OCCC)cc(CCCCC)cc1OCCC. The molecular formula is C27H42O2. The fourth-order valence-electron chi connectivity index (χ4n) is 4.28. The summed E-state index contributed by atoms with van der Waals surface area (Å²) in [5, 5.41) is 0. The second-order valence-corrected chi connectivity index (χ2v) is 8.69. The highest BCUT2D eigenvalue weighted by atomic mass is 16.5. The van der Waals surface area contributed by atoms with E-state index in [0.717, 1.165) is 56.8 Å². The topological polar surface area (TPSA) is 18.5 Å². The van der Waals surface area contributed by atoms with Crippen LogP contribution in [0.2, 0.25) is 0 Å². The molecular weight excluding hydrogens is 356 g/mol. The van der Waals surface area contributed by atoms with Crippen molar-refractivity contribution >= 4 is 0 Å². The Morgan fingerprint density at radius 2 is 1.62 bits per heavy atom. The summed E-state index contributed by atoms with van der Waals surface area (Å²) in [5.41, 5.74) is 5.29. The molecule has 29 heavy (non-hydrogen) atoms. The van der Waals surface area contributed by atoms with Gasteiger partial charge in [0.2, 0.25) is 0 Å². The first kappa shape index (κ1) is 23.6. The largest absolute Gasteiger partial charge is 0.493 e. The van der Waals surface area contributed by atoms with E-state index < -0.39 is 0 Å². The predicted molar refractivity (Wildman–Crippen MR) is 125 cm³/mol. The molecule has 162 valence electrons. The molecule has 1 aromatic rings. The van der Waals surface area contributed by atoms with E-state index in [2.05, 4.69) is 59.4 Å². The first-order chi connectivity index (χ1) is 14.0. The third-order valence-corrected chi connectivity index (χ3v) is 5.87. The van der Waals surface area contributed by atoms with Crippen molar-refractivity contribution in [2.24, 2.45) is 5.92 Å². The molecule has 0 saturated heterocycles. The van der Waals surface area contributed by atoms with Gasteiger partial charge in [-0.2, -0.15) is 0 Å². The molecule has 0 radical (unpaired) electrons. The Hall–Kier alpha value is -1.70. The average molecular weight is 399 g/mol. The number of rotatable bonds is 12. The molecule has 0 aliphatic heterocycles. The second kappa shape index (κ2) is 12.1. The van der Waals surface area contributed by atoms with Gasteiger partial charge < -0.3 is 9.47 Å². The van der Waals surface area contributed by atoms with Crippen LogP contribution >= 0.6 is 0 Å². The van der Waals surface area contributed by atoms with Gasteiger partial charge >= 0.3 is 0 Å². The summed E-state index contributed by atoms with van der Waals surface area (Å²) >= 11 is 0. The van der Waals surface area contributed by atoms with Gasteiger partial charge in [-0.3, -0.25) is 0 Å². The van der Waals surface area contributed by atoms with Crippen molar-refractivity contribution in [2.75, 3.05) is 13.2 Å². The lowest BCUT2D eigenvalue weighted by molar-refractivity contribution is 0.288. The quantitative estimate of drug-likeness (QED) is 0.262. The number of aryl methyl sites for hydroxylation is 1. The van der Waals surface area contributed by atoms with E-state index in [4.69, 9.17) is 9.47 Å². The van der Waals surface area contributed by atoms with Gasteiger partial charge in [0.05, 0.1) is 13.2 Å². The van der Waals surface area contributed by atoms with E-state index in [9.17, 15) is 0 Å². The van der Waals surface area contributed by atoms with E-state index in [1.54, 1.807) is 0 Å². The fourth-order valence-corrected chi connectivity index (χ4v) is 4.28. The molecule has 2 rings (SSSR count). The Morgan fingerprint density at radius 1 is 1.00 bits per heavy atom. The number of ether oxygens (including phenoxy) is 2. The zero-order valence-electron chi connectivity index (χ0n) is 19.5. The summed E-state index contributed by atoms with van der Waals surface area (Å²) in [6, 6.07) is 4.57. The highest BCUT2D eigenvalue weighted by Crippen LogP contribution is 2.47. The van der Waals surface area contributed by atoms with Crippen molar-refractivity contribution in [3.63, 3.8) is 0 Å². The van der Waals surface area contributed by atoms with Crippen molar-refractivity contribution in [3.8, 4) is 11.5 Å². The van der Waals surface area contributed by atoms with Crippen LogP contribution in [0.1, 0.15) is 96.6 Å². The van der Waals surface area contributed by atoms with E-state index >= 15 is 0 Å². The summed E-state index contributed by atoms with van der Waals surface area (Å²) in [5.74, 6) is 2.77. The molecule has 0 fully saturated rings. The molecule has 1 aromatic carbocycles. The summed E-state index contributed by atoms with van der Waals surface area (Å²) in [4.78, 5) is 0. The predicted octanol–water partition coefficient (Wildman–Crippen LogP) is 8.01. The van der Waals surface area contributed by atoms with Gasteiger partial charge in [0.25, 0.3) is 0 Å². The molecule has 1 aliphatic rings. The lowest BCUT2D eigenvalue weighted by Gasteiger charge is -2.33. The van der Waals surface area contributed by atoms with Gasteiger partial charge in [0, 0.05) is 11.5 Å². The van der Waals surface area contributed by atoms with Gasteiger partial charge in [-0.05, 0) is 76.0 Å². The van der Waals surface area contributed by atoms with Crippen LogP contribution in [0.4, 0.5) is 0 Å².